The number of anilines is 1. The molecule has 0 saturated heterocycles. The van der Waals surface area contributed by atoms with E-state index in [1.54, 1.807) is 18.7 Å². The molecule has 106 valence electrons. The minimum absolute atomic E-state index is 0.0328. The second-order valence-corrected chi connectivity index (χ2v) is 5.47. The topological polar surface area (TPSA) is 52.6 Å². The predicted molar refractivity (Wildman–Crippen MR) is 80.6 cm³/mol. The van der Waals surface area contributed by atoms with Crippen molar-refractivity contribution in [2.75, 3.05) is 31.7 Å². The van der Waals surface area contributed by atoms with E-state index in [1.807, 2.05) is 42.5 Å². The molecule has 0 aliphatic carbocycles. The van der Waals surface area contributed by atoms with Gasteiger partial charge in [0.15, 0.2) is 0 Å². The average Bonchev–Trinajstić information content (AvgIpc) is 2.37. The summed E-state index contributed by atoms with van der Waals surface area (Å²) in [4.78, 5) is 14.9. The highest BCUT2D eigenvalue weighted by molar-refractivity contribution is 7.98. The van der Waals surface area contributed by atoms with Gasteiger partial charge in [0.05, 0.1) is 18.3 Å². The van der Waals surface area contributed by atoms with Crippen LogP contribution in [0.1, 0.15) is 13.3 Å². The smallest absolute Gasteiger partial charge is 0.238 e. The van der Waals surface area contributed by atoms with Crippen LogP contribution in [0.4, 0.5) is 5.69 Å². The summed E-state index contributed by atoms with van der Waals surface area (Å²) in [6, 6.07) is 7.75. The van der Waals surface area contributed by atoms with E-state index in [0.717, 1.165) is 10.6 Å². The maximum absolute atomic E-state index is 11.9. The first kappa shape index (κ1) is 16.0. The van der Waals surface area contributed by atoms with E-state index in [9.17, 15) is 9.90 Å². The monoisotopic (exact) mass is 282 g/mol. The molecule has 1 aromatic carbocycles. The van der Waals surface area contributed by atoms with Crippen LogP contribution in [0.25, 0.3) is 0 Å². The van der Waals surface area contributed by atoms with Gasteiger partial charge in [-0.2, -0.15) is 0 Å². The third-order valence-electron chi connectivity index (χ3n) is 2.72. The van der Waals surface area contributed by atoms with Crippen LogP contribution in [0.15, 0.2) is 29.2 Å². The summed E-state index contributed by atoms with van der Waals surface area (Å²) in [5.41, 5.74) is 0.851. The molecule has 1 rings (SSSR count). The molecular weight excluding hydrogens is 260 g/mol. The fraction of sp³-hybridized carbons (Fsp3) is 0.500. The maximum atomic E-state index is 11.9. The Labute approximate surface area is 119 Å². The van der Waals surface area contributed by atoms with Crippen LogP contribution < -0.4 is 5.32 Å². The van der Waals surface area contributed by atoms with Gasteiger partial charge >= 0.3 is 0 Å². The van der Waals surface area contributed by atoms with Crippen molar-refractivity contribution >= 4 is 23.4 Å². The Morgan fingerprint density at radius 2 is 2.16 bits per heavy atom. The number of thioether (sulfide) groups is 1. The summed E-state index contributed by atoms with van der Waals surface area (Å²) < 4.78 is 0. The van der Waals surface area contributed by atoms with Crippen molar-refractivity contribution in [2.24, 2.45) is 0 Å². The Bertz CT molecular complexity index is 410. The fourth-order valence-corrected chi connectivity index (χ4v) is 2.22. The van der Waals surface area contributed by atoms with Crippen molar-refractivity contribution in [2.45, 2.75) is 24.3 Å². The van der Waals surface area contributed by atoms with E-state index < -0.39 is 0 Å². The molecule has 0 fully saturated rings. The third kappa shape index (κ3) is 6.09. The lowest BCUT2D eigenvalue weighted by molar-refractivity contribution is -0.117. The van der Waals surface area contributed by atoms with Gasteiger partial charge in [-0.3, -0.25) is 9.69 Å². The Kier molecular flexibility index (Phi) is 6.91. The lowest BCUT2D eigenvalue weighted by Crippen LogP contribution is -2.32. The summed E-state index contributed by atoms with van der Waals surface area (Å²) in [6.45, 7) is 2.79. The standard InChI is InChI=1S/C14H22N2O2S/c1-11(17)8-9-16(2)10-14(18)15-12-6-4-5-7-13(12)19-3/h4-7,11,17H,8-10H2,1-3H3,(H,15,18). The van der Waals surface area contributed by atoms with Crippen LogP contribution in [0.3, 0.4) is 0 Å². The van der Waals surface area contributed by atoms with Crippen molar-refractivity contribution in [1.82, 2.24) is 4.90 Å². The molecule has 5 heteroatoms. The van der Waals surface area contributed by atoms with Crippen molar-refractivity contribution in [3.8, 4) is 0 Å². The molecule has 4 nitrogen and oxygen atoms in total. The van der Waals surface area contributed by atoms with E-state index in [4.69, 9.17) is 0 Å². The quantitative estimate of drug-likeness (QED) is 0.752. The van der Waals surface area contributed by atoms with E-state index in [1.165, 1.54) is 0 Å². The zero-order valence-corrected chi connectivity index (χ0v) is 12.5. The van der Waals surface area contributed by atoms with Crippen molar-refractivity contribution in [1.29, 1.82) is 0 Å². The van der Waals surface area contributed by atoms with Crippen molar-refractivity contribution in [3.63, 3.8) is 0 Å². The number of amides is 1. The Morgan fingerprint density at radius 1 is 1.47 bits per heavy atom. The zero-order chi connectivity index (χ0) is 14.3. The lowest BCUT2D eigenvalue weighted by atomic mass is 10.2. The lowest BCUT2D eigenvalue weighted by Gasteiger charge is -2.17. The number of para-hydroxylation sites is 1. The number of likely N-dealkylation sites (N-methyl/N-ethyl adjacent to an activating group) is 1. The van der Waals surface area contributed by atoms with Gasteiger partial charge in [0.1, 0.15) is 0 Å². The van der Waals surface area contributed by atoms with Gasteiger partial charge in [-0.25, -0.2) is 0 Å². The normalized spacial score (nSPS) is 12.5. The summed E-state index contributed by atoms with van der Waals surface area (Å²) >= 11 is 1.61. The maximum Gasteiger partial charge on any atom is 0.238 e. The Balaban J connectivity index is 2.46. The van der Waals surface area contributed by atoms with E-state index in [2.05, 4.69) is 5.32 Å². The first-order chi connectivity index (χ1) is 9.02. The van der Waals surface area contributed by atoms with Crippen molar-refractivity contribution in [3.05, 3.63) is 24.3 Å². The summed E-state index contributed by atoms with van der Waals surface area (Å²) in [5, 5.41) is 12.1. The second-order valence-electron chi connectivity index (χ2n) is 4.62. The van der Waals surface area contributed by atoms with Gasteiger partial charge in [0, 0.05) is 11.4 Å². The number of carbonyl (C=O) groups excluding carboxylic acids is 1. The molecular formula is C14H22N2O2S. The van der Waals surface area contributed by atoms with Crippen LogP contribution in [-0.2, 0) is 4.79 Å². The van der Waals surface area contributed by atoms with Crippen LogP contribution in [0, 0.1) is 0 Å². The molecule has 0 saturated carbocycles. The molecule has 0 bridgehead atoms. The van der Waals surface area contributed by atoms with Gasteiger partial charge in [0.25, 0.3) is 0 Å². The van der Waals surface area contributed by atoms with E-state index >= 15 is 0 Å². The molecule has 1 aromatic rings. The Hall–Kier alpha value is -1.04. The van der Waals surface area contributed by atoms with Gasteiger partial charge in [-0.1, -0.05) is 12.1 Å². The van der Waals surface area contributed by atoms with Gasteiger partial charge in [-0.05, 0) is 38.8 Å². The highest BCUT2D eigenvalue weighted by atomic mass is 32.2. The molecule has 1 unspecified atom stereocenters. The highest BCUT2D eigenvalue weighted by Crippen LogP contribution is 2.24. The van der Waals surface area contributed by atoms with Crippen LogP contribution in [0.2, 0.25) is 0 Å². The number of hydrogen-bond donors (Lipinski definition) is 2. The number of hydrogen-bond acceptors (Lipinski definition) is 4. The molecule has 0 heterocycles. The molecule has 2 N–H and O–H groups in total. The molecule has 1 atom stereocenters. The number of carbonyl (C=O) groups is 1. The van der Waals surface area contributed by atoms with Crippen LogP contribution in [-0.4, -0.2) is 48.4 Å². The predicted octanol–water partition coefficient (Wildman–Crippen LogP) is 2.05. The van der Waals surface area contributed by atoms with Gasteiger partial charge < -0.3 is 10.4 Å². The number of nitrogens with zero attached hydrogens (tertiary/aromatic N) is 1. The SMILES string of the molecule is CSc1ccccc1NC(=O)CN(C)CCC(C)O. The molecule has 0 aliphatic rings. The summed E-state index contributed by atoms with van der Waals surface area (Å²) in [7, 11) is 1.88. The molecule has 0 aromatic heterocycles. The molecule has 1 amide bonds. The summed E-state index contributed by atoms with van der Waals surface area (Å²) in [6.07, 6.45) is 2.33. The highest BCUT2D eigenvalue weighted by Gasteiger charge is 2.09. The number of nitrogens with one attached hydrogen (secondary N) is 1. The van der Waals surface area contributed by atoms with E-state index in [0.29, 0.717) is 19.5 Å². The molecule has 19 heavy (non-hydrogen) atoms. The largest absolute Gasteiger partial charge is 0.393 e. The second kappa shape index (κ2) is 8.19. The average molecular weight is 282 g/mol. The minimum Gasteiger partial charge on any atom is -0.393 e. The third-order valence-corrected chi connectivity index (χ3v) is 3.52. The number of aliphatic hydroxyl groups is 1. The molecule has 0 radical (unpaired) electrons. The Morgan fingerprint density at radius 3 is 2.79 bits per heavy atom. The van der Waals surface area contributed by atoms with E-state index in [-0.39, 0.29) is 12.0 Å². The van der Waals surface area contributed by atoms with Crippen LogP contribution >= 0.6 is 11.8 Å². The number of rotatable bonds is 7. The molecule has 0 spiro atoms. The zero-order valence-electron chi connectivity index (χ0n) is 11.7. The van der Waals surface area contributed by atoms with Gasteiger partial charge in [0.2, 0.25) is 5.91 Å². The van der Waals surface area contributed by atoms with Crippen molar-refractivity contribution < 1.29 is 9.90 Å². The fourth-order valence-electron chi connectivity index (χ4n) is 1.67. The number of aliphatic hydroxyl groups excluding tert-OH is 1. The first-order valence-electron chi connectivity index (χ1n) is 6.32. The van der Waals surface area contributed by atoms with Gasteiger partial charge in [-0.15, -0.1) is 11.8 Å². The first-order valence-corrected chi connectivity index (χ1v) is 7.55. The summed E-state index contributed by atoms with van der Waals surface area (Å²) in [5.74, 6) is -0.0328. The van der Waals surface area contributed by atoms with Crippen LogP contribution in [0.5, 0.6) is 0 Å². The minimum atomic E-state index is -0.331. The molecule has 0 aliphatic heterocycles. The number of benzene rings is 1.